The summed E-state index contributed by atoms with van der Waals surface area (Å²) in [7, 11) is -9.87. The average molecular weight is 419 g/mol. The topological polar surface area (TPSA) is 125 Å². The fraction of sp³-hybridized carbons (Fsp3) is 0.412. The summed E-state index contributed by atoms with van der Waals surface area (Å²) < 4.78 is 30.0. The summed E-state index contributed by atoms with van der Waals surface area (Å²) in [6, 6.07) is 8.07. The number of rotatable bonds is 11. The first-order chi connectivity index (χ1) is 12.5. The standard InChI is InChI=1S/C17H27NO7P2/c1-14(11-12-24-27(22,23)25-26(19,20)21)7-6-8-15(2)13-18-17-10-5-4-9-16(17)3/h4-5,8-11,18H,6-7,12-13H2,1-3H3,(H,22,23)(H2,19,20,21)/b14-11+,15-8+. The van der Waals surface area contributed by atoms with Gasteiger partial charge in [0.25, 0.3) is 0 Å². The maximum Gasteiger partial charge on any atom is 0.481 e. The van der Waals surface area contributed by atoms with Crippen molar-refractivity contribution in [3.63, 3.8) is 0 Å². The minimum Gasteiger partial charge on any atom is -0.381 e. The molecule has 0 saturated carbocycles. The Kier molecular flexibility index (Phi) is 9.63. The van der Waals surface area contributed by atoms with Crippen LogP contribution >= 0.6 is 15.6 Å². The Labute approximate surface area is 159 Å². The lowest BCUT2D eigenvalue weighted by Crippen LogP contribution is -2.04. The van der Waals surface area contributed by atoms with Gasteiger partial charge in [0, 0.05) is 12.2 Å². The molecule has 4 N–H and O–H groups in total. The monoisotopic (exact) mass is 419 g/mol. The molecule has 1 aromatic rings. The molecular formula is C17H27NO7P2. The zero-order valence-corrected chi connectivity index (χ0v) is 17.5. The molecular weight excluding hydrogens is 392 g/mol. The largest absolute Gasteiger partial charge is 0.481 e. The first-order valence-corrected chi connectivity index (χ1v) is 11.4. The number of benzene rings is 1. The molecule has 1 unspecified atom stereocenters. The second-order valence-corrected chi connectivity index (χ2v) is 8.97. The second kappa shape index (κ2) is 10.9. The molecule has 0 spiro atoms. The predicted molar refractivity (Wildman–Crippen MR) is 105 cm³/mol. The number of anilines is 1. The number of nitrogens with one attached hydrogen (secondary N) is 1. The third-order valence-electron chi connectivity index (χ3n) is 3.61. The molecule has 1 rings (SSSR count). The van der Waals surface area contributed by atoms with Crippen molar-refractivity contribution in [3.8, 4) is 0 Å². The van der Waals surface area contributed by atoms with Gasteiger partial charge in [0.15, 0.2) is 0 Å². The highest BCUT2D eigenvalue weighted by atomic mass is 31.3. The fourth-order valence-electron chi connectivity index (χ4n) is 2.16. The summed E-state index contributed by atoms with van der Waals surface area (Å²) in [6.07, 6.45) is 5.19. The van der Waals surface area contributed by atoms with Gasteiger partial charge in [-0.05, 0) is 45.2 Å². The molecule has 0 aliphatic rings. The van der Waals surface area contributed by atoms with Crippen LogP contribution in [0.5, 0.6) is 0 Å². The van der Waals surface area contributed by atoms with Crippen molar-refractivity contribution in [2.45, 2.75) is 33.6 Å². The van der Waals surface area contributed by atoms with E-state index in [4.69, 9.17) is 14.7 Å². The van der Waals surface area contributed by atoms with Gasteiger partial charge in [-0.15, -0.1) is 0 Å². The van der Waals surface area contributed by atoms with E-state index in [1.807, 2.05) is 45.0 Å². The van der Waals surface area contributed by atoms with Gasteiger partial charge in [-0.3, -0.25) is 4.52 Å². The summed E-state index contributed by atoms with van der Waals surface area (Å²) in [4.78, 5) is 26.2. The van der Waals surface area contributed by atoms with Crippen LogP contribution in [0.3, 0.4) is 0 Å². The van der Waals surface area contributed by atoms with E-state index in [-0.39, 0.29) is 6.61 Å². The minimum absolute atomic E-state index is 0.281. The van der Waals surface area contributed by atoms with Crippen molar-refractivity contribution in [2.75, 3.05) is 18.5 Å². The predicted octanol–water partition coefficient (Wildman–Crippen LogP) is 4.31. The number of phosphoric ester groups is 1. The van der Waals surface area contributed by atoms with Crippen molar-refractivity contribution in [3.05, 3.63) is 53.1 Å². The molecule has 27 heavy (non-hydrogen) atoms. The third-order valence-corrected chi connectivity index (χ3v) is 5.76. The van der Waals surface area contributed by atoms with E-state index < -0.39 is 15.6 Å². The third kappa shape index (κ3) is 11.3. The van der Waals surface area contributed by atoms with Crippen LogP contribution in [-0.4, -0.2) is 27.8 Å². The lowest BCUT2D eigenvalue weighted by atomic mass is 10.1. The van der Waals surface area contributed by atoms with Crippen LogP contribution < -0.4 is 5.32 Å². The highest BCUT2D eigenvalue weighted by Gasteiger charge is 2.31. The molecule has 0 fully saturated rings. The summed E-state index contributed by atoms with van der Waals surface area (Å²) in [5.74, 6) is 0. The normalized spacial score (nSPS) is 15.5. The highest BCUT2D eigenvalue weighted by molar-refractivity contribution is 7.60. The van der Waals surface area contributed by atoms with Gasteiger partial charge < -0.3 is 20.0 Å². The number of hydrogen-bond acceptors (Lipinski definition) is 5. The van der Waals surface area contributed by atoms with Crippen LogP contribution in [0.1, 0.15) is 32.3 Å². The van der Waals surface area contributed by atoms with Crippen molar-refractivity contribution < 1.29 is 32.6 Å². The van der Waals surface area contributed by atoms with E-state index in [2.05, 4.69) is 20.2 Å². The second-order valence-electron chi connectivity index (χ2n) is 6.14. The van der Waals surface area contributed by atoms with Crippen LogP contribution in [0.2, 0.25) is 0 Å². The maximum absolute atomic E-state index is 11.3. The average Bonchev–Trinajstić information content (AvgIpc) is 2.51. The fourth-order valence-corrected chi connectivity index (χ4v) is 3.68. The Hall–Kier alpha value is -1.24. The summed E-state index contributed by atoms with van der Waals surface area (Å²) >= 11 is 0. The number of phosphoric acid groups is 2. The molecule has 0 amide bonds. The van der Waals surface area contributed by atoms with Crippen molar-refractivity contribution in [2.24, 2.45) is 0 Å². The van der Waals surface area contributed by atoms with Gasteiger partial charge in [-0.25, -0.2) is 9.13 Å². The van der Waals surface area contributed by atoms with Crippen LogP contribution in [0.25, 0.3) is 0 Å². The van der Waals surface area contributed by atoms with Crippen LogP contribution in [0.4, 0.5) is 5.69 Å². The molecule has 1 aromatic carbocycles. The number of aryl methyl sites for hydroxylation is 1. The number of para-hydroxylation sites is 1. The zero-order valence-electron chi connectivity index (χ0n) is 15.7. The first-order valence-electron chi connectivity index (χ1n) is 8.33. The van der Waals surface area contributed by atoms with Crippen molar-refractivity contribution in [1.82, 2.24) is 0 Å². The van der Waals surface area contributed by atoms with Crippen molar-refractivity contribution in [1.29, 1.82) is 0 Å². The Bertz CT molecular complexity index is 770. The van der Waals surface area contributed by atoms with Gasteiger partial charge in [-0.2, -0.15) is 4.31 Å². The molecule has 0 heterocycles. The van der Waals surface area contributed by atoms with E-state index in [1.54, 1.807) is 6.08 Å². The molecule has 10 heteroatoms. The van der Waals surface area contributed by atoms with Gasteiger partial charge in [0.05, 0.1) is 6.61 Å². The van der Waals surface area contributed by atoms with Crippen LogP contribution in [0.15, 0.2) is 47.6 Å². The Balaban J connectivity index is 2.36. The van der Waals surface area contributed by atoms with Crippen LogP contribution in [0, 0.1) is 6.92 Å². The quantitative estimate of drug-likeness (QED) is 0.309. The zero-order chi connectivity index (χ0) is 20.5. The molecule has 0 radical (unpaired) electrons. The Morgan fingerprint density at radius 1 is 1.11 bits per heavy atom. The lowest BCUT2D eigenvalue weighted by molar-refractivity contribution is 0.191. The molecule has 0 aliphatic heterocycles. The van der Waals surface area contributed by atoms with Gasteiger partial charge in [-0.1, -0.05) is 41.5 Å². The van der Waals surface area contributed by atoms with E-state index in [0.717, 1.165) is 30.6 Å². The molecule has 0 aromatic heterocycles. The smallest absolute Gasteiger partial charge is 0.381 e. The number of allylic oxidation sites excluding steroid dienone is 2. The van der Waals surface area contributed by atoms with Gasteiger partial charge in [0.1, 0.15) is 0 Å². The number of hydrogen-bond donors (Lipinski definition) is 4. The molecule has 0 saturated heterocycles. The molecule has 0 bridgehead atoms. The highest BCUT2D eigenvalue weighted by Crippen LogP contribution is 2.57. The van der Waals surface area contributed by atoms with Crippen LogP contribution in [-0.2, 0) is 18.0 Å². The first kappa shape index (κ1) is 23.8. The SMILES string of the molecule is C/C(=C\COP(=O)(O)OP(=O)(O)O)CC/C=C(\C)CNc1ccccc1C. The van der Waals surface area contributed by atoms with E-state index in [0.29, 0.717) is 0 Å². The molecule has 0 aliphatic carbocycles. The van der Waals surface area contributed by atoms with E-state index in [9.17, 15) is 9.13 Å². The minimum atomic E-state index is -5.08. The molecule has 1 atom stereocenters. The van der Waals surface area contributed by atoms with Crippen molar-refractivity contribution >= 4 is 21.3 Å². The van der Waals surface area contributed by atoms with Gasteiger partial charge >= 0.3 is 15.6 Å². The summed E-state index contributed by atoms with van der Waals surface area (Å²) in [6.45, 7) is 6.38. The van der Waals surface area contributed by atoms with E-state index >= 15 is 0 Å². The van der Waals surface area contributed by atoms with Gasteiger partial charge in [0.2, 0.25) is 0 Å². The summed E-state index contributed by atoms with van der Waals surface area (Å²) in [5.41, 5.74) is 4.40. The molecule has 8 nitrogen and oxygen atoms in total. The van der Waals surface area contributed by atoms with E-state index in [1.165, 1.54) is 11.1 Å². The Morgan fingerprint density at radius 2 is 1.78 bits per heavy atom. The summed E-state index contributed by atoms with van der Waals surface area (Å²) in [5, 5.41) is 3.38. The Morgan fingerprint density at radius 3 is 2.41 bits per heavy atom. The molecule has 152 valence electrons. The maximum atomic E-state index is 11.3. The lowest BCUT2D eigenvalue weighted by Gasteiger charge is -2.11.